The van der Waals surface area contributed by atoms with Crippen molar-refractivity contribution in [1.82, 2.24) is 4.98 Å². The molecule has 3 aromatic carbocycles. The Labute approximate surface area is 252 Å². The zero-order valence-electron chi connectivity index (χ0n) is 23.3. The maximum atomic E-state index is 13.7. The van der Waals surface area contributed by atoms with Gasteiger partial charge in [-0.1, -0.05) is 42.3 Å². The maximum absolute atomic E-state index is 13.7. The van der Waals surface area contributed by atoms with Gasteiger partial charge in [-0.2, -0.15) is 0 Å². The summed E-state index contributed by atoms with van der Waals surface area (Å²) in [6.07, 6.45) is 2.56. The Morgan fingerprint density at radius 1 is 1.14 bits per heavy atom. The largest absolute Gasteiger partial charge is 0.507 e. The third-order valence-corrected chi connectivity index (χ3v) is 8.67. The number of unbranched alkanes of at least 4 members (excludes halogenated alkanes) is 1. The summed E-state index contributed by atoms with van der Waals surface area (Å²) < 4.78 is 18.1. The second-order valence-corrected chi connectivity index (χ2v) is 11.8. The van der Waals surface area contributed by atoms with Crippen molar-refractivity contribution in [1.29, 1.82) is 0 Å². The number of halogens is 1. The van der Waals surface area contributed by atoms with Crippen LogP contribution in [0.1, 0.15) is 49.4 Å². The predicted molar refractivity (Wildman–Crippen MR) is 163 cm³/mol. The van der Waals surface area contributed by atoms with E-state index in [-0.39, 0.29) is 17.4 Å². The molecule has 8 nitrogen and oxygen atoms in total. The highest BCUT2D eigenvalue weighted by Crippen LogP contribution is 2.46. The van der Waals surface area contributed by atoms with E-state index in [4.69, 9.17) is 25.8 Å². The van der Waals surface area contributed by atoms with Gasteiger partial charge in [0.05, 0.1) is 35.5 Å². The Balaban J connectivity index is 1.51. The van der Waals surface area contributed by atoms with Crippen molar-refractivity contribution >= 4 is 55.7 Å². The molecule has 0 bridgehead atoms. The van der Waals surface area contributed by atoms with E-state index in [1.807, 2.05) is 13.0 Å². The number of methoxy groups -OCH3 is 1. The summed E-state index contributed by atoms with van der Waals surface area (Å²) in [7, 11) is 1.54. The van der Waals surface area contributed by atoms with Crippen LogP contribution in [0.15, 0.2) is 60.2 Å². The Morgan fingerprint density at radius 2 is 1.98 bits per heavy atom. The Hall–Kier alpha value is -4.08. The number of aliphatic hydroxyl groups excluding tert-OH is 1. The summed E-state index contributed by atoms with van der Waals surface area (Å²) in [6, 6.07) is 14.8. The lowest BCUT2D eigenvalue weighted by Crippen LogP contribution is -2.29. The summed E-state index contributed by atoms with van der Waals surface area (Å²) in [5.41, 5.74) is 2.52. The zero-order valence-corrected chi connectivity index (χ0v) is 24.9. The number of anilines is 1. The second kappa shape index (κ2) is 11.3. The smallest absolute Gasteiger partial charge is 0.301 e. The number of nitrogens with zero attached hydrogens (tertiary/aromatic N) is 2. The van der Waals surface area contributed by atoms with E-state index < -0.39 is 17.7 Å². The predicted octanol–water partition coefficient (Wildman–Crippen LogP) is 7.09. The van der Waals surface area contributed by atoms with Gasteiger partial charge < -0.3 is 19.3 Å². The summed E-state index contributed by atoms with van der Waals surface area (Å²) in [5.74, 6) is -0.112. The molecule has 1 aromatic heterocycles. The minimum absolute atomic E-state index is 0.0149. The van der Waals surface area contributed by atoms with Crippen molar-refractivity contribution in [3.63, 3.8) is 0 Å². The Morgan fingerprint density at radius 3 is 2.76 bits per heavy atom. The van der Waals surface area contributed by atoms with Crippen LogP contribution in [0.2, 0.25) is 5.02 Å². The van der Waals surface area contributed by atoms with E-state index in [0.717, 1.165) is 28.9 Å². The molecular formula is C32H29ClN2O6S. The number of hydrogen-bond acceptors (Lipinski definition) is 8. The Bertz CT molecular complexity index is 1750. The van der Waals surface area contributed by atoms with Crippen molar-refractivity contribution < 1.29 is 28.9 Å². The molecule has 1 fully saturated rings. The van der Waals surface area contributed by atoms with Crippen LogP contribution < -0.4 is 19.1 Å². The number of rotatable bonds is 8. The number of ketones is 1. The summed E-state index contributed by atoms with van der Waals surface area (Å²) in [6.45, 7) is 4.58. The van der Waals surface area contributed by atoms with Gasteiger partial charge >= 0.3 is 5.91 Å². The lowest BCUT2D eigenvalue weighted by atomic mass is 9.94. The van der Waals surface area contributed by atoms with Gasteiger partial charge in [-0.15, -0.1) is 0 Å². The number of carbonyl (C=O) groups is 2. The molecule has 0 radical (unpaired) electrons. The first-order valence-corrected chi connectivity index (χ1v) is 15.0. The number of hydrogen-bond donors (Lipinski definition) is 1. The van der Waals surface area contributed by atoms with Crippen LogP contribution in [0.4, 0.5) is 5.13 Å². The van der Waals surface area contributed by atoms with Gasteiger partial charge in [-0.05, 0) is 73.0 Å². The van der Waals surface area contributed by atoms with Crippen LogP contribution in [0.25, 0.3) is 16.0 Å². The molecule has 10 heteroatoms. The van der Waals surface area contributed by atoms with Crippen molar-refractivity contribution in [3.8, 4) is 17.2 Å². The van der Waals surface area contributed by atoms with Gasteiger partial charge in [0.2, 0.25) is 0 Å². The number of ether oxygens (including phenoxy) is 3. The standard InChI is InChI=1S/C32H29ClN2O6S/c1-4-5-12-40-24-11-6-18(15-25(24)39-3)28-27(29(36)19-7-10-23-20(14-19)13-17(2)41-23)30(37)31(38)35(28)32-34-22-9-8-21(33)16-26(22)42-32/h6-11,14-17,28,36H,4-5,12-13H2,1-3H3/b29-27+. The molecule has 6 rings (SSSR count). The van der Waals surface area contributed by atoms with E-state index in [0.29, 0.717) is 51.3 Å². The molecule has 2 unspecified atom stereocenters. The topological polar surface area (TPSA) is 98.2 Å². The van der Waals surface area contributed by atoms with Gasteiger partial charge in [0, 0.05) is 17.0 Å². The van der Waals surface area contributed by atoms with Gasteiger partial charge in [0.1, 0.15) is 17.6 Å². The van der Waals surface area contributed by atoms with Gasteiger partial charge in [-0.25, -0.2) is 4.98 Å². The minimum Gasteiger partial charge on any atom is -0.507 e. The molecule has 4 aromatic rings. The SMILES string of the molecule is CCCCOc1ccc(C2/C(=C(\O)c3ccc4c(c3)CC(C)O4)C(=O)C(=O)N2c2nc3ccc(Cl)cc3s2)cc1OC. The number of carbonyl (C=O) groups excluding carboxylic acids is 2. The number of Topliss-reactive ketones (excluding diaryl/α,β-unsaturated/α-hetero) is 1. The molecule has 1 amide bonds. The summed E-state index contributed by atoms with van der Waals surface area (Å²) in [4.78, 5) is 33.4. The van der Waals surface area contributed by atoms with Crippen LogP contribution in [-0.2, 0) is 16.0 Å². The van der Waals surface area contributed by atoms with Crippen molar-refractivity contribution in [3.05, 3.63) is 81.9 Å². The normalized spacial score (nSPS) is 19.3. The zero-order chi connectivity index (χ0) is 29.5. The molecule has 1 N–H and O–H groups in total. The van der Waals surface area contributed by atoms with E-state index in [1.54, 1.807) is 48.5 Å². The van der Waals surface area contributed by atoms with Crippen molar-refractivity contribution in [2.45, 2.75) is 45.3 Å². The third-order valence-electron chi connectivity index (χ3n) is 7.42. The minimum atomic E-state index is -0.969. The fourth-order valence-electron chi connectivity index (χ4n) is 5.36. The molecule has 2 aliphatic heterocycles. The molecule has 42 heavy (non-hydrogen) atoms. The lowest BCUT2D eigenvalue weighted by molar-refractivity contribution is -0.132. The monoisotopic (exact) mass is 604 g/mol. The van der Waals surface area contributed by atoms with Gasteiger partial charge in [0.15, 0.2) is 16.6 Å². The average Bonchev–Trinajstić information content (AvgIpc) is 3.64. The highest BCUT2D eigenvalue weighted by atomic mass is 35.5. The second-order valence-electron chi connectivity index (χ2n) is 10.3. The first-order valence-electron chi connectivity index (χ1n) is 13.8. The maximum Gasteiger partial charge on any atom is 0.301 e. The molecule has 216 valence electrons. The molecule has 0 saturated carbocycles. The fourth-order valence-corrected chi connectivity index (χ4v) is 6.63. The average molecular weight is 605 g/mol. The molecule has 0 spiro atoms. The number of thiazole rings is 1. The summed E-state index contributed by atoms with van der Waals surface area (Å²) in [5, 5.41) is 12.5. The Kier molecular flexibility index (Phi) is 7.55. The molecule has 3 heterocycles. The van der Waals surface area contributed by atoms with Crippen LogP contribution in [-0.4, -0.2) is 41.6 Å². The molecule has 2 aliphatic rings. The number of amides is 1. The number of fused-ring (bicyclic) bond motifs is 2. The van der Waals surface area contributed by atoms with Gasteiger partial charge in [-0.3, -0.25) is 14.5 Å². The first-order chi connectivity index (χ1) is 20.3. The molecule has 2 atom stereocenters. The van der Waals surface area contributed by atoms with Crippen molar-refractivity contribution in [2.75, 3.05) is 18.6 Å². The third kappa shape index (κ3) is 4.97. The highest BCUT2D eigenvalue weighted by Gasteiger charge is 2.48. The number of benzene rings is 3. The van der Waals surface area contributed by atoms with Gasteiger partial charge in [0.25, 0.3) is 5.78 Å². The van der Waals surface area contributed by atoms with E-state index in [1.165, 1.54) is 23.3 Å². The summed E-state index contributed by atoms with van der Waals surface area (Å²) >= 11 is 7.45. The quantitative estimate of drug-likeness (QED) is 0.0992. The number of aromatic nitrogens is 1. The van der Waals surface area contributed by atoms with Crippen molar-refractivity contribution in [2.24, 2.45) is 0 Å². The lowest BCUT2D eigenvalue weighted by Gasteiger charge is -2.24. The molecule has 1 saturated heterocycles. The van der Waals surface area contributed by atoms with Crippen LogP contribution in [0, 0.1) is 0 Å². The first kappa shape index (κ1) is 28.1. The van der Waals surface area contributed by atoms with E-state index in [9.17, 15) is 14.7 Å². The van der Waals surface area contributed by atoms with Crippen LogP contribution >= 0.6 is 22.9 Å². The number of aliphatic hydroxyl groups is 1. The van der Waals surface area contributed by atoms with E-state index >= 15 is 0 Å². The fraction of sp³-hybridized carbons (Fsp3) is 0.281. The molecule has 0 aliphatic carbocycles. The van der Waals surface area contributed by atoms with Crippen LogP contribution in [0.5, 0.6) is 17.2 Å². The highest BCUT2D eigenvalue weighted by molar-refractivity contribution is 7.22. The van der Waals surface area contributed by atoms with E-state index in [2.05, 4.69) is 11.9 Å². The van der Waals surface area contributed by atoms with Crippen LogP contribution in [0.3, 0.4) is 0 Å². The molecular weight excluding hydrogens is 576 g/mol.